The average Bonchev–Trinajstić information content (AvgIpc) is 3.72. The quantitative estimate of drug-likeness (QED) is 0.322. The van der Waals surface area contributed by atoms with Gasteiger partial charge in [-0.05, 0) is 31.0 Å². The van der Waals surface area contributed by atoms with Gasteiger partial charge in [0.2, 0.25) is 5.91 Å². The van der Waals surface area contributed by atoms with Crippen molar-refractivity contribution < 1.29 is 27.8 Å². The fourth-order valence-electron chi connectivity index (χ4n) is 6.78. The summed E-state index contributed by atoms with van der Waals surface area (Å²) >= 11 is 6.67. The molecule has 3 N–H and O–H groups in total. The number of aryl methyl sites for hydroxylation is 1. The smallest absolute Gasteiger partial charge is 0.249 e. The first kappa shape index (κ1) is 26.9. The number of rotatable bonds is 5. The topological polar surface area (TPSA) is 101 Å². The number of carbonyl (C=O) groups is 1. The summed E-state index contributed by atoms with van der Waals surface area (Å²) in [5, 5.41) is 7.48. The van der Waals surface area contributed by atoms with Crippen molar-refractivity contribution in [1.29, 1.82) is 0 Å². The summed E-state index contributed by atoms with van der Waals surface area (Å²) in [4.78, 5) is 12.9. The second-order valence-corrected chi connectivity index (χ2v) is 11.2. The second-order valence-electron chi connectivity index (χ2n) is 10.8. The Morgan fingerprint density at radius 1 is 1.21 bits per heavy atom. The van der Waals surface area contributed by atoms with E-state index in [-0.39, 0.29) is 45.9 Å². The van der Waals surface area contributed by atoms with E-state index < -0.39 is 29.2 Å². The number of ether oxygens (including phenoxy) is 3. The normalized spacial score (nSPS) is 22.2. The molecule has 7 rings (SSSR count). The predicted octanol–water partition coefficient (Wildman–Crippen LogP) is 5.40. The zero-order chi connectivity index (χ0) is 29.3. The number of methoxy groups -OCH3 is 1. The third kappa shape index (κ3) is 3.71. The maximum atomic E-state index is 16.8. The van der Waals surface area contributed by atoms with Gasteiger partial charge in [0.05, 0.1) is 16.6 Å². The van der Waals surface area contributed by atoms with Crippen LogP contribution in [0.15, 0.2) is 48.7 Å². The van der Waals surface area contributed by atoms with Crippen molar-refractivity contribution >= 4 is 17.5 Å². The minimum absolute atomic E-state index is 0.0126. The summed E-state index contributed by atoms with van der Waals surface area (Å²) in [6.07, 6.45) is 2.51. The van der Waals surface area contributed by atoms with Gasteiger partial charge in [0, 0.05) is 54.2 Å². The molecule has 0 saturated carbocycles. The van der Waals surface area contributed by atoms with E-state index in [1.165, 1.54) is 19.2 Å². The lowest BCUT2D eigenvalue weighted by Gasteiger charge is -2.39. The van der Waals surface area contributed by atoms with Crippen LogP contribution in [0.4, 0.5) is 8.78 Å². The molecule has 3 aliphatic rings. The highest BCUT2D eigenvalue weighted by Crippen LogP contribution is 2.59. The molecule has 0 radical (unpaired) electrons. The number of amides is 1. The van der Waals surface area contributed by atoms with Crippen molar-refractivity contribution in [1.82, 2.24) is 15.1 Å². The molecule has 1 saturated heterocycles. The predicted molar refractivity (Wildman–Crippen MR) is 151 cm³/mol. The number of hydrogen-bond donors (Lipinski definition) is 2. The standard InChI is InChI=1S/C31H27ClF2N4O4/c1-38-13-18-16-11-17(30(35)39)23(27(34)28(16)41-14-20(18)37-38)25-24-21(12-19(33)26(25)32)42-31(29(24)40-2,22-9-6-10-36-22)15-7-4-3-5-8-15/h3-5,7-8,11-13,22,29,36H,6,9-10,14H2,1-2H3,(H2,35,39)/t22-,29-,31-/m0/s1. The first-order valence-corrected chi connectivity index (χ1v) is 14.0. The highest BCUT2D eigenvalue weighted by molar-refractivity contribution is 6.34. The zero-order valence-corrected chi connectivity index (χ0v) is 23.6. The molecule has 0 unspecified atom stereocenters. The van der Waals surface area contributed by atoms with Crippen LogP contribution in [0.25, 0.3) is 22.3 Å². The molecule has 216 valence electrons. The van der Waals surface area contributed by atoms with Crippen LogP contribution in [0.2, 0.25) is 5.02 Å². The van der Waals surface area contributed by atoms with Gasteiger partial charge in [-0.3, -0.25) is 9.48 Å². The van der Waals surface area contributed by atoms with E-state index in [4.69, 9.17) is 31.5 Å². The van der Waals surface area contributed by atoms with Crippen LogP contribution in [0.5, 0.6) is 11.5 Å². The van der Waals surface area contributed by atoms with Gasteiger partial charge >= 0.3 is 0 Å². The number of carbonyl (C=O) groups excluding carboxylic acids is 1. The van der Waals surface area contributed by atoms with Crippen molar-refractivity contribution in [2.75, 3.05) is 13.7 Å². The molecular formula is C31H27ClF2N4O4. The fraction of sp³-hybridized carbons (Fsp3) is 0.290. The fourth-order valence-corrected chi connectivity index (χ4v) is 7.03. The Bertz CT molecular complexity index is 1760. The highest BCUT2D eigenvalue weighted by Gasteiger charge is 2.57. The first-order valence-electron chi connectivity index (χ1n) is 13.6. The van der Waals surface area contributed by atoms with Gasteiger partial charge < -0.3 is 25.3 Å². The Kier molecular flexibility index (Phi) is 6.27. The Labute approximate surface area is 245 Å². The second kappa shape index (κ2) is 9.79. The maximum absolute atomic E-state index is 16.8. The summed E-state index contributed by atoms with van der Waals surface area (Å²) in [7, 11) is 3.25. The monoisotopic (exact) mass is 592 g/mol. The number of nitrogens with one attached hydrogen (secondary N) is 1. The van der Waals surface area contributed by atoms with Crippen molar-refractivity contribution in [3.05, 3.63) is 87.7 Å². The van der Waals surface area contributed by atoms with Gasteiger partial charge in [-0.15, -0.1) is 0 Å². The van der Waals surface area contributed by atoms with Crippen molar-refractivity contribution in [2.45, 2.75) is 37.2 Å². The first-order chi connectivity index (χ1) is 20.3. The summed E-state index contributed by atoms with van der Waals surface area (Å²) in [6, 6.07) is 11.9. The third-order valence-corrected chi connectivity index (χ3v) is 8.85. The van der Waals surface area contributed by atoms with Gasteiger partial charge in [0.15, 0.2) is 17.2 Å². The largest absolute Gasteiger partial charge is 0.483 e. The number of nitrogens with two attached hydrogens (primary N) is 1. The Hall–Kier alpha value is -3.99. The summed E-state index contributed by atoms with van der Waals surface area (Å²) in [5.74, 6) is -2.62. The van der Waals surface area contributed by atoms with Gasteiger partial charge in [-0.1, -0.05) is 41.9 Å². The molecule has 1 fully saturated rings. The zero-order valence-electron chi connectivity index (χ0n) is 22.8. The molecule has 11 heteroatoms. The molecule has 3 aromatic carbocycles. The van der Waals surface area contributed by atoms with E-state index >= 15 is 8.78 Å². The number of benzene rings is 3. The molecule has 0 aliphatic carbocycles. The van der Waals surface area contributed by atoms with Crippen LogP contribution < -0.4 is 20.5 Å². The van der Waals surface area contributed by atoms with E-state index in [0.717, 1.165) is 24.9 Å². The Balaban J connectivity index is 1.52. The molecule has 3 atom stereocenters. The van der Waals surface area contributed by atoms with Crippen molar-refractivity contribution in [3.8, 4) is 33.8 Å². The van der Waals surface area contributed by atoms with E-state index in [1.807, 2.05) is 30.3 Å². The van der Waals surface area contributed by atoms with E-state index in [1.54, 1.807) is 17.9 Å². The van der Waals surface area contributed by atoms with Crippen molar-refractivity contribution in [2.24, 2.45) is 12.8 Å². The molecular weight excluding hydrogens is 566 g/mol. The Morgan fingerprint density at radius 3 is 2.69 bits per heavy atom. The lowest BCUT2D eigenvalue weighted by Crippen LogP contribution is -2.51. The third-order valence-electron chi connectivity index (χ3n) is 8.48. The molecule has 3 aliphatic heterocycles. The molecule has 8 nitrogen and oxygen atoms in total. The molecule has 4 aromatic rings. The van der Waals surface area contributed by atoms with Crippen LogP contribution >= 0.6 is 11.6 Å². The summed E-state index contributed by atoms with van der Waals surface area (Å²) < 4.78 is 52.6. The number of halogens is 3. The molecule has 1 amide bonds. The minimum Gasteiger partial charge on any atom is -0.483 e. The van der Waals surface area contributed by atoms with Crippen LogP contribution in [0, 0.1) is 11.6 Å². The van der Waals surface area contributed by atoms with Crippen LogP contribution in [-0.2, 0) is 24.0 Å². The lowest BCUT2D eigenvalue weighted by molar-refractivity contribution is -0.0768. The number of fused-ring (bicyclic) bond motifs is 4. The summed E-state index contributed by atoms with van der Waals surface area (Å²) in [5.41, 5.74) is 6.80. The molecule has 1 aromatic heterocycles. The molecule has 0 spiro atoms. The van der Waals surface area contributed by atoms with Crippen molar-refractivity contribution in [3.63, 3.8) is 0 Å². The average molecular weight is 593 g/mol. The van der Waals surface area contributed by atoms with Gasteiger partial charge in [0.1, 0.15) is 30.0 Å². The number of aromatic nitrogens is 2. The molecule has 42 heavy (non-hydrogen) atoms. The van der Waals surface area contributed by atoms with E-state index in [9.17, 15) is 4.79 Å². The summed E-state index contributed by atoms with van der Waals surface area (Å²) in [6.45, 7) is 0.773. The highest BCUT2D eigenvalue weighted by atomic mass is 35.5. The van der Waals surface area contributed by atoms with Crippen LogP contribution in [-0.4, -0.2) is 35.4 Å². The maximum Gasteiger partial charge on any atom is 0.249 e. The van der Waals surface area contributed by atoms with E-state index in [2.05, 4.69) is 10.4 Å². The molecule has 4 heterocycles. The number of nitrogens with zero attached hydrogens (tertiary/aromatic N) is 2. The van der Waals surface area contributed by atoms with Gasteiger partial charge in [-0.2, -0.15) is 5.10 Å². The minimum atomic E-state index is -1.14. The molecule has 0 bridgehead atoms. The van der Waals surface area contributed by atoms with Gasteiger partial charge in [-0.25, -0.2) is 8.78 Å². The Morgan fingerprint density at radius 2 is 2.00 bits per heavy atom. The van der Waals surface area contributed by atoms with Crippen LogP contribution in [0.1, 0.15) is 46.1 Å². The lowest BCUT2D eigenvalue weighted by atomic mass is 9.77. The number of primary amides is 1. The van der Waals surface area contributed by atoms with E-state index in [0.29, 0.717) is 22.4 Å². The van der Waals surface area contributed by atoms with Crippen LogP contribution in [0.3, 0.4) is 0 Å². The van der Waals surface area contributed by atoms with Gasteiger partial charge in [0.25, 0.3) is 0 Å². The SMILES string of the molecule is CO[C@H]1c2c(cc(F)c(Cl)c2-c2c(C(N)=O)cc3c(c2F)OCc2nn(C)cc2-3)O[C@@]1(c1ccccc1)[C@@H]1CCCN1. The number of hydrogen-bond acceptors (Lipinski definition) is 6.